The minimum absolute atomic E-state index is 0.394. The predicted octanol–water partition coefficient (Wildman–Crippen LogP) is 3.52. The highest BCUT2D eigenvalue weighted by Crippen LogP contribution is 2.49. The molecule has 1 aliphatic rings. The standard InChI is InChI=1S/C17H13F2N3O/c1-10-2-4-12(22-16(23)14-7-17(14,18)19)6-13(10)15-5-3-11(8-20)9-21-15/h2-6,9,14H,7H2,1H3,(H,22,23)/t14-/m0/s1. The second-order valence-corrected chi connectivity index (χ2v) is 5.58. The maximum atomic E-state index is 12.9. The fourth-order valence-corrected chi connectivity index (χ4v) is 2.32. The SMILES string of the molecule is Cc1ccc(NC(=O)[C@@H]2CC2(F)F)cc1-c1ccc(C#N)cn1. The van der Waals surface area contributed by atoms with Crippen molar-refractivity contribution >= 4 is 11.6 Å². The number of aryl methyl sites for hydroxylation is 1. The Bertz CT molecular complexity index is 810. The summed E-state index contributed by atoms with van der Waals surface area (Å²) in [6.07, 6.45) is 1.07. The van der Waals surface area contributed by atoms with Crippen molar-refractivity contribution < 1.29 is 13.6 Å². The van der Waals surface area contributed by atoms with Crippen LogP contribution in [0.5, 0.6) is 0 Å². The van der Waals surface area contributed by atoms with E-state index in [0.717, 1.165) is 11.1 Å². The van der Waals surface area contributed by atoms with E-state index in [4.69, 9.17) is 5.26 Å². The van der Waals surface area contributed by atoms with Gasteiger partial charge >= 0.3 is 0 Å². The average Bonchev–Trinajstić information content (AvgIpc) is 3.18. The molecular weight excluding hydrogens is 300 g/mol. The molecule has 1 aliphatic carbocycles. The van der Waals surface area contributed by atoms with Crippen molar-refractivity contribution in [3.63, 3.8) is 0 Å². The zero-order valence-electron chi connectivity index (χ0n) is 12.3. The van der Waals surface area contributed by atoms with Crippen LogP contribution in [0.15, 0.2) is 36.5 Å². The number of alkyl halides is 2. The van der Waals surface area contributed by atoms with E-state index in [1.165, 1.54) is 6.20 Å². The molecule has 0 spiro atoms. The number of nitrogens with zero attached hydrogens (tertiary/aromatic N) is 2. The predicted molar refractivity (Wildman–Crippen MR) is 80.8 cm³/mol. The zero-order valence-corrected chi connectivity index (χ0v) is 12.3. The lowest BCUT2D eigenvalue weighted by Crippen LogP contribution is -2.17. The number of aromatic nitrogens is 1. The van der Waals surface area contributed by atoms with Gasteiger partial charge in [0.2, 0.25) is 5.91 Å². The summed E-state index contributed by atoms with van der Waals surface area (Å²) in [5.74, 6) is -4.79. The third-order valence-corrected chi connectivity index (χ3v) is 3.82. The van der Waals surface area contributed by atoms with Crippen LogP contribution >= 0.6 is 0 Å². The van der Waals surface area contributed by atoms with Gasteiger partial charge in [0.05, 0.1) is 11.3 Å². The Kier molecular flexibility index (Phi) is 3.57. The van der Waals surface area contributed by atoms with Crippen LogP contribution in [0.1, 0.15) is 17.5 Å². The number of pyridine rings is 1. The van der Waals surface area contributed by atoms with Gasteiger partial charge in [0.15, 0.2) is 0 Å². The van der Waals surface area contributed by atoms with Crippen LogP contribution in [0.3, 0.4) is 0 Å². The highest BCUT2D eigenvalue weighted by molar-refractivity contribution is 5.95. The van der Waals surface area contributed by atoms with Gasteiger partial charge in [-0.15, -0.1) is 0 Å². The number of hydrogen-bond donors (Lipinski definition) is 1. The largest absolute Gasteiger partial charge is 0.326 e. The molecule has 4 nitrogen and oxygen atoms in total. The van der Waals surface area contributed by atoms with Crippen molar-refractivity contribution in [3.05, 3.63) is 47.7 Å². The number of benzene rings is 1. The van der Waals surface area contributed by atoms with Crippen molar-refractivity contribution in [1.29, 1.82) is 5.26 Å². The fraction of sp³-hybridized carbons (Fsp3) is 0.235. The van der Waals surface area contributed by atoms with Crippen LogP contribution in [0.25, 0.3) is 11.3 Å². The van der Waals surface area contributed by atoms with E-state index in [1.54, 1.807) is 30.3 Å². The van der Waals surface area contributed by atoms with Gasteiger partial charge in [-0.25, -0.2) is 8.78 Å². The third-order valence-electron chi connectivity index (χ3n) is 3.82. The van der Waals surface area contributed by atoms with Gasteiger partial charge < -0.3 is 5.32 Å². The molecule has 6 heteroatoms. The maximum absolute atomic E-state index is 12.9. The average molecular weight is 313 g/mol. The first kappa shape index (κ1) is 15.1. The molecule has 3 rings (SSSR count). The van der Waals surface area contributed by atoms with Crippen molar-refractivity contribution in [2.24, 2.45) is 5.92 Å². The number of nitriles is 1. The van der Waals surface area contributed by atoms with Crippen LogP contribution in [0.2, 0.25) is 0 Å². The number of amides is 1. The Morgan fingerprint density at radius 3 is 2.70 bits per heavy atom. The number of hydrogen-bond acceptors (Lipinski definition) is 3. The Hall–Kier alpha value is -2.81. The molecule has 2 aromatic rings. The summed E-state index contributed by atoms with van der Waals surface area (Å²) in [5, 5.41) is 11.3. The first-order chi connectivity index (χ1) is 10.9. The summed E-state index contributed by atoms with van der Waals surface area (Å²) < 4.78 is 25.9. The third kappa shape index (κ3) is 3.04. The molecule has 1 atom stereocenters. The number of anilines is 1. The summed E-state index contributed by atoms with van der Waals surface area (Å²) in [4.78, 5) is 16.0. The summed E-state index contributed by atoms with van der Waals surface area (Å²) in [5.41, 5.74) is 3.25. The first-order valence-electron chi connectivity index (χ1n) is 7.06. The van der Waals surface area contributed by atoms with Gasteiger partial charge in [-0.1, -0.05) is 6.07 Å². The highest BCUT2D eigenvalue weighted by atomic mass is 19.3. The lowest BCUT2D eigenvalue weighted by Gasteiger charge is -2.10. The van der Waals surface area contributed by atoms with E-state index < -0.39 is 24.2 Å². The van der Waals surface area contributed by atoms with E-state index in [-0.39, 0.29) is 0 Å². The van der Waals surface area contributed by atoms with Gasteiger partial charge in [-0.3, -0.25) is 9.78 Å². The van der Waals surface area contributed by atoms with E-state index in [1.807, 2.05) is 13.0 Å². The fourth-order valence-electron chi connectivity index (χ4n) is 2.32. The number of carbonyl (C=O) groups is 1. The highest BCUT2D eigenvalue weighted by Gasteiger charge is 2.61. The lowest BCUT2D eigenvalue weighted by molar-refractivity contribution is -0.119. The molecule has 1 N–H and O–H groups in total. The van der Waals surface area contributed by atoms with Gasteiger partial charge in [0.1, 0.15) is 12.0 Å². The minimum atomic E-state index is -2.88. The smallest absolute Gasteiger partial charge is 0.260 e. The van der Waals surface area contributed by atoms with Crippen LogP contribution < -0.4 is 5.32 Å². The summed E-state index contributed by atoms with van der Waals surface area (Å²) >= 11 is 0. The Labute approximate surface area is 131 Å². The monoisotopic (exact) mass is 313 g/mol. The summed E-state index contributed by atoms with van der Waals surface area (Å²) in [7, 11) is 0. The topological polar surface area (TPSA) is 65.8 Å². The molecule has 23 heavy (non-hydrogen) atoms. The first-order valence-corrected chi connectivity index (χ1v) is 7.06. The molecule has 1 aromatic heterocycles. The number of halogens is 2. The Morgan fingerprint density at radius 1 is 1.39 bits per heavy atom. The quantitative estimate of drug-likeness (QED) is 0.943. The number of nitrogens with one attached hydrogen (secondary N) is 1. The number of carbonyl (C=O) groups excluding carboxylic acids is 1. The Balaban J connectivity index is 1.84. The number of rotatable bonds is 3. The van der Waals surface area contributed by atoms with Crippen molar-refractivity contribution in [2.75, 3.05) is 5.32 Å². The van der Waals surface area contributed by atoms with Gasteiger partial charge in [-0.2, -0.15) is 5.26 Å². The van der Waals surface area contributed by atoms with E-state index in [2.05, 4.69) is 10.3 Å². The van der Waals surface area contributed by atoms with Crippen LogP contribution in [0.4, 0.5) is 14.5 Å². The molecule has 0 radical (unpaired) electrons. The Morgan fingerprint density at radius 2 is 2.13 bits per heavy atom. The van der Waals surface area contributed by atoms with Crippen molar-refractivity contribution in [3.8, 4) is 17.3 Å². The molecule has 0 unspecified atom stereocenters. The van der Waals surface area contributed by atoms with E-state index in [0.29, 0.717) is 16.9 Å². The van der Waals surface area contributed by atoms with Gasteiger partial charge in [-0.05, 0) is 36.8 Å². The van der Waals surface area contributed by atoms with Gasteiger partial charge in [0, 0.05) is 23.9 Å². The van der Waals surface area contributed by atoms with Crippen LogP contribution in [-0.4, -0.2) is 16.8 Å². The molecule has 1 amide bonds. The van der Waals surface area contributed by atoms with Crippen LogP contribution in [0, 0.1) is 24.2 Å². The molecular formula is C17H13F2N3O. The molecule has 0 aliphatic heterocycles. The van der Waals surface area contributed by atoms with Crippen molar-refractivity contribution in [2.45, 2.75) is 19.3 Å². The van der Waals surface area contributed by atoms with Crippen molar-refractivity contribution in [1.82, 2.24) is 4.98 Å². The molecule has 0 bridgehead atoms. The molecule has 1 aromatic carbocycles. The molecule has 0 saturated heterocycles. The molecule has 116 valence electrons. The van der Waals surface area contributed by atoms with E-state index in [9.17, 15) is 13.6 Å². The minimum Gasteiger partial charge on any atom is -0.326 e. The van der Waals surface area contributed by atoms with Crippen LogP contribution in [-0.2, 0) is 4.79 Å². The van der Waals surface area contributed by atoms with Gasteiger partial charge in [0.25, 0.3) is 5.92 Å². The normalized spacial score (nSPS) is 18.1. The second-order valence-electron chi connectivity index (χ2n) is 5.58. The zero-order chi connectivity index (χ0) is 16.6. The molecule has 1 heterocycles. The second kappa shape index (κ2) is 5.43. The van der Waals surface area contributed by atoms with E-state index >= 15 is 0 Å². The molecule has 1 saturated carbocycles. The lowest BCUT2D eigenvalue weighted by atomic mass is 10.0. The summed E-state index contributed by atoms with van der Waals surface area (Å²) in [6, 6.07) is 10.5. The maximum Gasteiger partial charge on any atom is 0.260 e. The summed E-state index contributed by atoms with van der Waals surface area (Å²) in [6.45, 7) is 1.88. The molecule has 1 fully saturated rings.